The number of unbranched alkanes of at least 4 members (excludes halogenated alkanes) is 1. The van der Waals surface area contributed by atoms with Crippen LogP contribution in [-0.4, -0.2) is 20.3 Å². The Balaban J connectivity index is 2.44. The predicted molar refractivity (Wildman–Crippen MR) is 60.9 cm³/mol. The number of hydrogen-bond donors (Lipinski definition) is 1. The van der Waals surface area contributed by atoms with Crippen molar-refractivity contribution >= 4 is 0 Å². The van der Waals surface area contributed by atoms with Gasteiger partial charge in [0.1, 0.15) is 11.6 Å². The molecule has 0 aliphatic heterocycles. The van der Waals surface area contributed by atoms with Crippen molar-refractivity contribution in [2.75, 3.05) is 20.3 Å². The highest BCUT2D eigenvalue weighted by Gasteiger charge is 2.07. The highest BCUT2D eigenvalue weighted by Crippen LogP contribution is 2.20. The molecule has 0 heterocycles. The lowest BCUT2D eigenvalue weighted by molar-refractivity contribution is 0.184. The molecule has 4 heteroatoms. The molecule has 0 aromatic heterocycles. The molecule has 2 N–H and O–H groups in total. The van der Waals surface area contributed by atoms with E-state index in [2.05, 4.69) is 0 Å². The first-order chi connectivity index (χ1) is 7.79. The van der Waals surface area contributed by atoms with Crippen LogP contribution in [0.2, 0.25) is 0 Å². The summed E-state index contributed by atoms with van der Waals surface area (Å²) in [6.07, 6.45) is 1.82. The minimum absolute atomic E-state index is 0.153. The van der Waals surface area contributed by atoms with Crippen molar-refractivity contribution in [3.8, 4) is 5.75 Å². The van der Waals surface area contributed by atoms with E-state index in [0.717, 1.165) is 19.4 Å². The molecule has 0 aliphatic carbocycles. The number of hydrogen-bond acceptors (Lipinski definition) is 3. The molecule has 1 aromatic carbocycles. The molecule has 1 rings (SSSR count). The summed E-state index contributed by atoms with van der Waals surface area (Å²) in [7, 11) is 1.67. The van der Waals surface area contributed by atoms with E-state index in [9.17, 15) is 4.39 Å². The quantitative estimate of drug-likeness (QED) is 0.725. The molecule has 16 heavy (non-hydrogen) atoms. The number of rotatable bonds is 7. The van der Waals surface area contributed by atoms with Crippen molar-refractivity contribution in [1.82, 2.24) is 0 Å². The summed E-state index contributed by atoms with van der Waals surface area (Å²) >= 11 is 0. The highest BCUT2D eigenvalue weighted by molar-refractivity contribution is 5.34. The third kappa shape index (κ3) is 3.79. The third-order valence-electron chi connectivity index (χ3n) is 2.28. The fourth-order valence-corrected chi connectivity index (χ4v) is 1.40. The highest BCUT2D eigenvalue weighted by atomic mass is 19.1. The molecule has 0 saturated carbocycles. The summed E-state index contributed by atoms with van der Waals surface area (Å²) < 4.78 is 23.7. The first kappa shape index (κ1) is 12.9. The van der Waals surface area contributed by atoms with Gasteiger partial charge in [-0.2, -0.15) is 0 Å². The summed E-state index contributed by atoms with van der Waals surface area (Å²) in [5, 5.41) is 0. The molecule has 0 fully saturated rings. The van der Waals surface area contributed by atoms with Crippen LogP contribution in [0.5, 0.6) is 5.75 Å². The molecule has 0 atom stereocenters. The lowest BCUT2D eigenvalue weighted by Gasteiger charge is -2.10. The Morgan fingerprint density at radius 2 is 2.00 bits per heavy atom. The molecule has 0 radical (unpaired) electrons. The second-order valence-electron chi connectivity index (χ2n) is 3.47. The SMILES string of the molecule is COCCCCOc1cccc(F)c1CN. The monoisotopic (exact) mass is 227 g/mol. The number of methoxy groups -OCH3 is 1. The van der Waals surface area contributed by atoms with Crippen LogP contribution in [0.4, 0.5) is 4.39 Å². The van der Waals surface area contributed by atoms with Crippen molar-refractivity contribution in [1.29, 1.82) is 0 Å². The van der Waals surface area contributed by atoms with E-state index in [-0.39, 0.29) is 12.4 Å². The minimum Gasteiger partial charge on any atom is -0.493 e. The zero-order valence-electron chi connectivity index (χ0n) is 9.54. The first-order valence-corrected chi connectivity index (χ1v) is 5.38. The molecule has 1 aromatic rings. The van der Waals surface area contributed by atoms with E-state index in [1.807, 2.05) is 0 Å². The van der Waals surface area contributed by atoms with Gasteiger partial charge in [0, 0.05) is 25.8 Å². The van der Waals surface area contributed by atoms with Gasteiger partial charge in [-0.05, 0) is 25.0 Å². The molecule has 3 nitrogen and oxygen atoms in total. The van der Waals surface area contributed by atoms with E-state index in [1.54, 1.807) is 19.2 Å². The van der Waals surface area contributed by atoms with Gasteiger partial charge in [-0.15, -0.1) is 0 Å². The van der Waals surface area contributed by atoms with Crippen LogP contribution in [-0.2, 0) is 11.3 Å². The molecule has 90 valence electrons. The summed E-state index contributed by atoms with van der Waals surface area (Å²) in [6, 6.07) is 4.75. The second-order valence-corrected chi connectivity index (χ2v) is 3.47. The van der Waals surface area contributed by atoms with Gasteiger partial charge in [-0.25, -0.2) is 4.39 Å². The van der Waals surface area contributed by atoms with Crippen molar-refractivity contribution in [2.24, 2.45) is 5.73 Å². The molecule has 0 aliphatic rings. The Morgan fingerprint density at radius 1 is 1.25 bits per heavy atom. The largest absolute Gasteiger partial charge is 0.493 e. The van der Waals surface area contributed by atoms with Crippen molar-refractivity contribution in [3.05, 3.63) is 29.6 Å². The van der Waals surface area contributed by atoms with Crippen LogP contribution < -0.4 is 10.5 Å². The van der Waals surface area contributed by atoms with Crippen molar-refractivity contribution < 1.29 is 13.9 Å². The van der Waals surface area contributed by atoms with E-state index in [1.165, 1.54) is 6.07 Å². The summed E-state index contributed by atoms with van der Waals surface area (Å²) in [5.74, 6) is 0.233. The Labute approximate surface area is 95.4 Å². The molecule has 0 bridgehead atoms. The first-order valence-electron chi connectivity index (χ1n) is 5.38. The molecule has 0 saturated heterocycles. The van der Waals surface area contributed by atoms with E-state index >= 15 is 0 Å². The Hall–Kier alpha value is -1.13. The fraction of sp³-hybridized carbons (Fsp3) is 0.500. The number of benzene rings is 1. The number of halogens is 1. The number of nitrogens with two attached hydrogens (primary N) is 1. The molecular weight excluding hydrogens is 209 g/mol. The third-order valence-corrected chi connectivity index (χ3v) is 2.28. The van der Waals surface area contributed by atoms with Gasteiger partial charge < -0.3 is 15.2 Å². The zero-order valence-corrected chi connectivity index (χ0v) is 9.54. The van der Waals surface area contributed by atoms with Gasteiger partial charge in [0.2, 0.25) is 0 Å². The van der Waals surface area contributed by atoms with Crippen LogP contribution in [0.3, 0.4) is 0 Å². The van der Waals surface area contributed by atoms with Gasteiger partial charge in [0.25, 0.3) is 0 Å². The zero-order chi connectivity index (χ0) is 11.8. The normalized spacial score (nSPS) is 10.4. The van der Waals surface area contributed by atoms with Crippen LogP contribution >= 0.6 is 0 Å². The maximum atomic E-state index is 13.3. The summed E-state index contributed by atoms with van der Waals surface area (Å²) in [5.41, 5.74) is 5.90. The van der Waals surface area contributed by atoms with Gasteiger partial charge in [-0.1, -0.05) is 6.07 Å². The Morgan fingerprint density at radius 3 is 2.69 bits per heavy atom. The Bertz CT molecular complexity index is 318. The van der Waals surface area contributed by atoms with Crippen LogP contribution in [0, 0.1) is 5.82 Å². The smallest absolute Gasteiger partial charge is 0.131 e. The molecule has 0 spiro atoms. The average Bonchev–Trinajstić information content (AvgIpc) is 2.29. The van der Waals surface area contributed by atoms with E-state index < -0.39 is 0 Å². The summed E-state index contributed by atoms with van der Waals surface area (Å²) in [4.78, 5) is 0. The Kier molecular flexibility index (Phi) is 5.82. The maximum absolute atomic E-state index is 13.3. The average molecular weight is 227 g/mol. The molecule has 0 unspecified atom stereocenters. The van der Waals surface area contributed by atoms with Crippen LogP contribution in [0.15, 0.2) is 18.2 Å². The van der Waals surface area contributed by atoms with Crippen LogP contribution in [0.25, 0.3) is 0 Å². The van der Waals surface area contributed by atoms with E-state index in [4.69, 9.17) is 15.2 Å². The van der Waals surface area contributed by atoms with Crippen molar-refractivity contribution in [2.45, 2.75) is 19.4 Å². The lowest BCUT2D eigenvalue weighted by Crippen LogP contribution is -2.06. The van der Waals surface area contributed by atoms with Gasteiger partial charge in [0.05, 0.1) is 6.61 Å². The minimum atomic E-state index is -0.308. The van der Waals surface area contributed by atoms with Crippen LogP contribution in [0.1, 0.15) is 18.4 Å². The summed E-state index contributed by atoms with van der Waals surface area (Å²) in [6.45, 7) is 1.43. The van der Waals surface area contributed by atoms with Gasteiger partial charge in [-0.3, -0.25) is 0 Å². The van der Waals surface area contributed by atoms with E-state index in [0.29, 0.717) is 17.9 Å². The molecular formula is C12H18FNO2. The van der Waals surface area contributed by atoms with Gasteiger partial charge in [0.15, 0.2) is 0 Å². The predicted octanol–water partition coefficient (Wildman–Crippen LogP) is 2.09. The lowest BCUT2D eigenvalue weighted by atomic mass is 10.2. The maximum Gasteiger partial charge on any atom is 0.131 e. The standard InChI is InChI=1S/C12H18FNO2/c1-15-7-2-3-8-16-12-6-4-5-11(13)10(12)9-14/h4-6H,2-3,7-9,14H2,1H3. The number of ether oxygens (including phenoxy) is 2. The second kappa shape index (κ2) is 7.19. The topological polar surface area (TPSA) is 44.5 Å². The van der Waals surface area contributed by atoms with Crippen molar-refractivity contribution in [3.63, 3.8) is 0 Å². The fourth-order valence-electron chi connectivity index (χ4n) is 1.40. The van der Waals surface area contributed by atoms with Gasteiger partial charge >= 0.3 is 0 Å². The molecule has 0 amide bonds.